The number of hydrogen-bond acceptors (Lipinski definition) is 6. The van der Waals surface area contributed by atoms with E-state index in [1.165, 1.54) is 0 Å². The van der Waals surface area contributed by atoms with Gasteiger partial charge in [-0.25, -0.2) is 17.9 Å². The van der Waals surface area contributed by atoms with Gasteiger partial charge in [0.15, 0.2) is 0 Å². The van der Waals surface area contributed by atoms with Gasteiger partial charge in [-0.3, -0.25) is 9.52 Å². The van der Waals surface area contributed by atoms with Crippen LogP contribution in [0.3, 0.4) is 0 Å². The second-order valence-corrected chi connectivity index (χ2v) is 10.4. The van der Waals surface area contributed by atoms with Crippen molar-refractivity contribution in [1.82, 2.24) is 14.6 Å². The van der Waals surface area contributed by atoms with Crippen LogP contribution in [0.5, 0.6) is 0 Å². The number of carbonyl (C=O) groups excluding carboxylic acids is 1. The van der Waals surface area contributed by atoms with Gasteiger partial charge in [-0.05, 0) is 61.2 Å². The molecule has 4 aromatic rings. The molecule has 0 fully saturated rings. The van der Waals surface area contributed by atoms with Crippen molar-refractivity contribution in [2.75, 3.05) is 27.7 Å². The van der Waals surface area contributed by atoms with Gasteiger partial charge in [0, 0.05) is 36.1 Å². The molecule has 1 aliphatic rings. The van der Waals surface area contributed by atoms with Crippen LogP contribution in [-0.4, -0.2) is 41.7 Å². The van der Waals surface area contributed by atoms with Crippen molar-refractivity contribution in [3.05, 3.63) is 66.4 Å². The maximum atomic E-state index is 12.2. The molecule has 35 heavy (non-hydrogen) atoms. The van der Waals surface area contributed by atoms with Gasteiger partial charge in [0.2, 0.25) is 21.9 Å². The highest BCUT2D eigenvalue weighted by Crippen LogP contribution is 2.31. The Hall–Kier alpha value is -3.92. The summed E-state index contributed by atoms with van der Waals surface area (Å²) in [5, 5.41) is 7.94. The van der Waals surface area contributed by atoms with Gasteiger partial charge < -0.3 is 10.2 Å². The fourth-order valence-electron chi connectivity index (χ4n) is 4.40. The third-order valence-corrected chi connectivity index (χ3v) is 6.56. The molecule has 9 nitrogen and oxygen atoms in total. The number of aromatic nitrogens is 3. The van der Waals surface area contributed by atoms with E-state index in [1.54, 1.807) is 35.8 Å². The minimum absolute atomic E-state index is 0.0348. The lowest BCUT2D eigenvalue weighted by Gasteiger charge is -2.22. The second kappa shape index (κ2) is 9.03. The molecule has 0 radical (unpaired) electrons. The number of amides is 1. The summed E-state index contributed by atoms with van der Waals surface area (Å²) >= 11 is 0. The number of nitrogens with one attached hydrogen (secondary N) is 2. The highest BCUT2D eigenvalue weighted by Gasteiger charge is 2.19. The van der Waals surface area contributed by atoms with Crippen molar-refractivity contribution in [1.29, 1.82) is 0 Å². The Morgan fingerprint density at radius 1 is 1.03 bits per heavy atom. The van der Waals surface area contributed by atoms with E-state index in [1.807, 2.05) is 35.2 Å². The molecule has 2 N–H and O–H groups in total. The molecule has 2 aromatic carbocycles. The first-order valence-corrected chi connectivity index (χ1v) is 13.3. The molecule has 0 aliphatic carbocycles. The number of rotatable bonds is 5. The quantitative estimate of drug-likeness (QED) is 0.434. The molecule has 1 aliphatic heterocycles. The normalized spacial score (nSPS) is 13.8. The van der Waals surface area contributed by atoms with Gasteiger partial charge in [0.25, 0.3) is 0 Å². The van der Waals surface area contributed by atoms with Crippen LogP contribution in [0.1, 0.15) is 25.3 Å². The molecule has 2 aromatic heterocycles. The van der Waals surface area contributed by atoms with Crippen LogP contribution in [0.25, 0.3) is 16.8 Å². The zero-order valence-corrected chi connectivity index (χ0v) is 20.3. The lowest BCUT2D eigenvalue weighted by atomic mass is 10.1. The standard InChI is InChI=1S/C25H26N6O3S/c1-17(32)30-13-4-3-6-18-9-10-20(15-24(18)30)27-25-26-16-22-11-12-23(31(22)28-25)19-7-5-8-21(14-19)29-35(2,33)34/h5,7-12,14-16,29H,3-4,6,13H2,1-2H3,(H,27,28). The molecule has 0 bridgehead atoms. The summed E-state index contributed by atoms with van der Waals surface area (Å²) in [6, 6.07) is 17.0. The number of hydrogen-bond donors (Lipinski definition) is 2. The van der Waals surface area contributed by atoms with Crippen molar-refractivity contribution in [2.45, 2.75) is 26.2 Å². The summed E-state index contributed by atoms with van der Waals surface area (Å²) in [4.78, 5) is 18.5. The van der Waals surface area contributed by atoms with Crippen molar-refractivity contribution in [3.8, 4) is 11.3 Å². The van der Waals surface area contributed by atoms with Crippen LogP contribution in [0.4, 0.5) is 23.0 Å². The van der Waals surface area contributed by atoms with Gasteiger partial charge in [0.1, 0.15) is 0 Å². The summed E-state index contributed by atoms with van der Waals surface area (Å²) in [5.41, 5.74) is 5.78. The van der Waals surface area contributed by atoms with E-state index in [0.717, 1.165) is 59.2 Å². The Kier molecular flexibility index (Phi) is 5.89. The van der Waals surface area contributed by atoms with Crippen molar-refractivity contribution in [2.24, 2.45) is 0 Å². The predicted molar refractivity (Wildman–Crippen MR) is 138 cm³/mol. The fraction of sp³-hybridized carbons (Fsp3) is 0.240. The number of benzene rings is 2. The molecule has 5 rings (SSSR count). The van der Waals surface area contributed by atoms with Crippen LogP contribution in [-0.2, 0) is 21.2 Å². The topological polar surface area (TPSA) is 109 Å². The molecule has 0 unspecified atom stereocenters. The first-order chi connectivity index (χ1) is 16.8. The van der Waals surface area contributed by atoms with Gasteiger partial charge in [-0.15, -0.1) is 5.10 Å². The smallest absolute Gasteiger partial charge is 0.245 e. The molecule has 1 amide bonds. The third kappa shape index (κ3) is 4.97. The fourth-order valence-corrected chi connectivity index (χ4v) is 4.96. The third-order valence-electron chi connectivity index (χ3n) is 5.95. The summed E-state index contributed by atoms with van der Waals surface area (Å²) in [7, 11) is -3.38. The second-order valence-electron chi connectivity index (χ2n) is 8.69. The zero-order valence-electron chi connectivity index (χ0n) is 19.5. The number of sulfonamides is 1. The summed E-state index contributed by atoms with van der Waals surface area (Å²) in [6.07, 6.45) is 5.83. The van der Waals surface area contributed by atoms with Crippen LogP contribution in [0.15, 0.2) is 60.8 Å². The van der Waals surface area contributed by atoms with Gasteiger partial charge >= 0.3 is 0 Å². The highest BCUT2D eigenvalue weighted by molar-refractivity contribution is 7.92. The minimum Gasteiger partial charge on any atom is -0.323 e. The number of carbonyl (C=O) groups is 1. The largest absolute Gasteiger partial charge is 0.323 e. The van der Waals surface area contributed by atoms with E-state index in [0.29, 0.717) is 18.2 Å². The Morgan fingerprint density at radius 3 is 2.69 bits per heavy atom. The van der Waals surface area contributed by atoms with Crippen molar-refractivity contribution < 1.29 is 13.2 Å². The predicted octanol–water partition coefficient (Wildman–Crippen LogP) is 4.20. The van der Waals surface area contributed by atoms with E-state index >= 15 is 0 Å². The molecular weight excluding hydrogens is 464 g/mol. The van der Waals surface area contributed by atoms with Crippen LogP contribution in [0.2, 0.25) is 0 Å². The number of aryl methyl sites for hydroxylation is 1. The zero-order chi connectivity index (χ0) is 24.6. The number of fused-ring (bicyclic) bond motifs is 2. The molecule has 0 atom stereocenters. The van der Waals surface area contributed by atoms with Gasteiger partial charge in [-0.2, -0.15) is 0 Å². The lowest BCUT2D eigenvalue weighted by Crippen LogP contribution is -2.29. The maximum Gasteiger partial charge on any atom is 0.245 e. The Morgan fingerprint density at radius 2 is 1.89 bits per heavy atom. The van der Waals surface area contributed by atoms with E-state index in [2.05, 4.69) is 26.2 Å². The number of nitrogens with zero attached hydrogens (tertiary/aromatic N) is 4. The van der Waals surface area contributed by atoms with Crippen molar-refractivity contribution >= 4 is 44.5 Å². The molecule has 180 valence electrons. The van der Waals surface area contributed by atoms with Crippen LogP contribution in [0, 0.1) is 0 Å². The molecule has 0 spiro atoms. The first-order valence-electron chi connectivity index (χ1n) is 11.4. The molecule has 10 heteroatoms. The van der Waals surface area contributed by atoms with E-state index in [-0.39, 0.29) is 5.91 Å². The molecule has 3 heterocycles. The monoisotopic (exact) mass is 490 g/mol. The van der Waals surface area contributed by atoms with Gasteiger partial charge in [0.05, 0.1) is 23.7 Å². The molecule has 0 saturated heterocycles. The van der Waals surface area contributed by atoms with Gasteiger partial charge in [-0.1, -0.05) is 18.2 Å². The summed E-state index contributed by atoms with van der Waals surface area (Å²) < 4.78 is 27.5. The SMILES string of the molecule is CC(=O)N1CCCCc2ccc(Nc3ncc4ccc(-c5cccc(NS(C)(=O)=O)c5)n4n3)cc21. The Labute approximate surface area is 203 Å². The summed E-state index contributed by atoms with van der Waals surface area (Å²) in [5.74, 6) is 0.441. The average molecular weight is 491 g/mol. The summed E-state index contributed by atoms with van der Waals surface area (Å²) in [6.45, 7) is 2.31. The Bertz CT molecular complexity index is 1530. The Balaban J connectivity index is 1.47. The molecular formula is C25H26N6O3S. The van der Waals surface area contributed by atoms with Crippen molar-refractivity contribution in [3.63, 3.8) is 0 Å². The number of anilines is 4. The van der Waals surface area contributed by atoms with E-state index in [9.17, 15) is 13.2 Å². The highest BCUT2D eigenvalue weighted by atomic mass is 32.2. The minimum atomic E-state index is -3.38. The van der Waals surface area contributed by atoms with Crippen LogP contribution >= 0.6 is 0 Å². The van der Waals surface area contributed by atoms with Crippen LogP contribution < -0.4 is 14.9 Å². The molecule has 0 saturated carbocycles. The van der Waals surface area contributed by atoms with E-state index < -0.39 is 10.0 Å². The lowest BCUT2D eigenvalue weighted by molar-refractivity contribution is -0.116. The maximum absolute atomic E-state index is 12.2. The van der Waals surface area contributed by atoms with E-state index in [4.69, 9.17) is 0 Å². The average Bonchev–Trinajstić information content (AvgIpc) is 3.10. The first kappa shape index (κ1) is 22.9.